The van der Waals surface area contributed by atoms with Crippen molar-refractivity contribution in [3.8, 4) is 0 Å². The second kappa shape index (κ2) is 9.44. The highest BCUT2D eigenvalue weighted by molar-refractivity contribution is 6.31. The molecule has 0 radical (unpaired) electrons. The Bertz CT molecular complexity index is 1360. The number of hydrogen-bond donors (Lipinski definition) is 1. The molecule has 0 unspecified atom stereocenters. The first kappa shape index (κ1) is 23.1. The van der Waals surface area contributed by atoms with Gasteiger partial charge in [-0.1, -0.05) is 29.8 Å². The fourth-order valence-electron chi connectivity index (χ4n) is 3.59. The lowest BCUT2D eigenvalue weighted by molar-refractivity contribution is -0.386. The summed E-state index contributed by atoms with van der Waals surface area (Å²) in [5.74, 6) is -0.470. The van der Waals surface area contributed by atoms with E-state index in [9.17, 15) is 19.3 Å². The highest BCUT2D eigenvalue weighted by Crippen LogP contribution is 2.23. The monoisotopic (exact) mass is 482 g/mol. The van der Waals surface area contributed by atoms with Crippen LogP contribution < -0.4 is 5.32 Å². The van der Waals surface area contributed by atoms with E-state index in [0.717, 1.165) is 5.56 Å². The Kier molecular flexibility index (Phi) is 6.42. The lowest BCUT2D eigenvalue weighted by Gasteiger charge is -2.07. The fraction of sp³-hybridized carbons (Fsp3) is 0.174. The van der Waals surface area contributed by atoms with E-state index in [1.165, 1.54) is 16.8 Å². The molecule has 0 atom stereocenters. The molecule has 2 aromatic carbocycles. The van der Waals surface area contributed by atoms with Gasteiger partial charge in [0.05, 0.1) is 18.0 Å². The summed E-state index contributed by atoms with van der Waals surface area (Å²) in [6, 6.07) is 12.9. The number of halogens is 2. The average molecular weight is 483 g/mol. The van der Waals surface area contributed by atoms with Crippen LogP contribution in [-0.4, -0.2) is 30.4 Å². The van der Waals surface area contributed by atoms with Crippen molar-refractivity contribution in [1.29, 1.82) is 0 Å². The van der Waals surface area contributed by atoms with Gasteiger partial charge in [0.1, 0.15) is 17.2 Å². The normalized spacial score (nSPS) is 10.9. The topological polar surface area (TPSA) is 108 Å². The molecule has 0 spiro atoms. The molecule has 1 N–H and O–H groups in total. The zero-order valence-electron chi connectivity index (χ0n) is 18.3. The van der Waals surface area contributed by atoms with Gasteiger partial charge in [-0.25, -0.2) is 4.39 Å². The summed E-state index contributed by atoms with van der Waals surface area (Å²) >= 11 is 6.06. The minimum Gasteiger partial charge on any atom is -0.305 e. The van der Waals surface area contributed by atoms with E-state index < -0.39 is 10.7 Å². The second-order valence-corrected chi connectivity index (χ2v) is 8.09. The van der Waals surface area contributed by atoms with E-state index in [4.69, 9.17) is 11.6 Å². The zero-order valence-corrected chi connectivity index (χ0v) is 19.1. The number of anilines is 1. The van der Waals surface area contributed by atoms with Crippen LogP contribution in [0.4, 0.5) is 15.9 Å². The van der Waals surface area contributed by atoms with Crippen LogP contribution in [0.3, 0.4) is 0 Å². The largest absolute Gasteiger partial charge is 0.312 e. The van der Waals surface area contributed by atoms with Crippen LogP contribution in [-0.2, 0) is 13.1 Å². The third kappa shape index (κ3) is 4.81. The number of benzene rings is 2. The van der Waals surface area contributed by atoms with Crippen LogP contribution in [0.25, 0.3) is 0 Å². The third-order valence-electron chi connectivity index (χ3n) is 5.34. The van der Waals surface area contributed by atoms with Crippen molar-refractivity contribution < 1.29 is 14.1 Å². The van der Waals surface area contributed by atoms with E-state index in [1.54, 1.807) is 61.1 Å². The first-order valence-electron chi connectivity index (χ1n) is 10.3. The molecule has 1 amide bonds. The number of rotatable bonds is 7. The third-order valence-corrected chi connectivity index (χ3v) is 5.69. The van der Waals surface area contributed by atoms with E-state index >= 15 is 0 Å². The smallest absolute Gasteiger partial charge is 0.305 e. The predicted molar refractivity (Wildman–Crippen MR) is 125 cm³/mol. The lowest BCUT2D eigenvalue weighted by atomic mass is 10.1. The van der Waals surface area contributed by atoms with Crippen LogP contribution in [0.15, 0.2) is 54.7 Å². The molecule has 0 saturated carbocycles. The van der Waals surface area contributed by atoms with Gasteiger partial charge in [-0.05, 0) is 43.7 Å². The molecule has 0 saturated heterocycles. The van der Waals surface area contributed by atoms with Gasteiger partial charge in [-0.2, -0.15) is 10.2 Å². The number of aryl methyl sites for hydroxylation is 1. The predicted octanol–water partition coefficient (Wildman–Crippen LogP) is 4.75. The van der Waals surface area contributed by atoms with E-state index in [2.05, 4.69) is 15.5 Å². The molecule has 0 fully saturated rings. The number of nitro groups is 1. The van der Waals surface area contributed by atoms with Gasteiger partial charge in [0, 0.05) is 28.4 Å². The number of hydrogen-bond acceptors (Lipinski definition) is 5. The van der Waals surface area contributed by atoms with Crippen molar-refractivity contribution in [2.75, 3.05) is 5.32 Å². The Morgan fingerprint density at radius 3 is 2.50 bits per heavy atom. The van der Waals surface area contributed by atoms with Gasteiger partial charge in [-0.3, -0.25) is 24.3 Å². The number of carbonyl (C=O) groups is 1. The second-order valence-electron chi connectivity index (χ2n) is 7.68. The first-order chi connectivity index (χ1) is 16.2. The van der Waals surface area contributed by atoms with Gasteiger partial charge in [0.15, 0.2) is 5.82 Å². The molecule has 2 heterocycles. The highest BCUT2D eigenvalue weighted by Gasteiger charge is 2.21. The van der Waals surface area contributed by atoms with E-state index in [0.29, 0.717) is 39.9 Å². The number of nitrogens with zero attached hydrogens (tertiary/aromatic N) is 5. The van der Waals surface area contributed by atoms with Crippen molar-refractivity contribution in [2.24, 2.45) is 0 Å². The van der Waals surface area contributed by atoms with E-state index in [-0.39, 0.29) is 18.1 Å². The molecule has 4 rings (SSSR count). The van der Waals surface area contributed by atoms with Crippen LogP contribution in [0, 0.1) is 29.8 Å². The van der Waals surface area contributed by atoms with Gasteiger partial charge in [0.2, 0.25) is 0 Å². The van der Waals surface area contributed by atoms with Crippen molar-refractivity contribution in [3.63, 3.8) is 0 Å². The molecule has 0 aliphatic rings. The van der Waals surface area contributed by atoms with Crippen LogP contribution in [0.2, 0.25) is 5.02 Å². The summed E-state index contributed by atoms with van der Waals surface area (Å²) in [6.45, 7) is 3.71. The van der Waals surface area contributed by atoms with Crippen LogP contribution in [0.5, 0.6) is 0 Å². The average Bonchev–Trinajstić information content (AvgIpc) is 3.34. The molecule has 4 aromatic rings. The van der Waals surface area contributed by atoms with Crippen molar-refractivity contribution in [2.45, 2.75) is 26.9 Å². The van der Waals surface area contributed by atoms with Gasteiger partial charge >= 0.3 is 5.69 Å². The van der Waals surface area contributed by atoms with Gasteiger partial charge in [-0.15, -0.1) is 0 Å². The van der Waals surface area contributed by atoms with Crippen molar-refractivity contribution in [1.82, 2.24) is 19.6 Å². The molecule has 0 aliphatic heterocycles. The van der Waals surface area contributed by atoms with Crippen LogP contribution >= 0.6 is 11.6 Å². The molecule has 2 aromatic heterocycles. The highest BCUT2D eigenvalue weighted by atomic mass is 35.5. The minimum absolute atomic E-state index is 0.00714. The molecule has 0 aliphatic carbocycles. The maximum Gasteiger partial charge on any atom is 0.312 e. The summed E-state index contributed by atoms with van der Waals surface area (Å²) < 4.78 is 17.0. The number of amides is 1. The molecular formula is C23H20ClFN6O3. The van der Waals surface area contributed by atoms with Gasteiger partial charge < -0.3 is 5.32 Å². The SMILES string of the molecule is Cc1nn(Cc2ccc(C(=O)Nc3ccn(Cc4c(F)cccc4Cl)n3)cc2)c(C)c1[N+](=O)[O-]. The molecule has 9 nitrogen and oxygen atoms in total. The number of nitrogens with one attached hydrogen (secondary N) is 1. The molecular weight excluding hydrogens is 463 g/mol. The molecule has 11 heteroatoms. The summed E-state index contributed by atoms with van der Waals surface area (Å²) in [4.78, 5) is 23.3. The quantitative estimate of drug-likeness (QED) is 0.302. The lowest BCUT2D eigenvalue weighted by Crippen LogP contribution is -2.13. The fourth-order valence-corrected chi connectivity index (χ4v) is 3.81. The summed E-state index contributed by atoms with van der Waals surface area (Å²) in [5, 5.41) is 22.7. The van der Waals surface area contributed by atoms with Crippen molar-refractivity contribution in [3.05, 3.63) is 104 Å². The summed E-state index contributed by atoms with van der Waals surface area (Å²) in [7, 11) is 0. The van der Waals surface area contributed by atoms with Crippen molar-refractivity contribution >= 4 is 29.0 Å². The Morgan fingerprint density at radius 1 is 1.12 bits per heavy atom. The maximum atomic E-state index is 14.0. The Balaban J connectivity index is 1.41. The molecule has 0 bridgehead atoms. The Morgan fingerprint density at radius 2 is 1.85 bits per heavy atom. The number of aromatic nitrogens is 4. The standard InChI is InChI=1S/C23H20ClFN6O3/c1-14-22(31(33)34)15(2)30(27-14)12-16-6-8-17(9-7-16)23(32)26-21-10-11-29(28-21)13-18-19(24)4-3-5-20(18)25/h3-11H,12-13H2,1-2H3,(H,26,28,32). The van der Waals surface area contributed by atoms with Gasteiger partial charge in [0.25, 0.3) is 5.91 Å². The Labute approximate surface area is 198 Å². The summed E-state index contributed by atoms with van der Waals surface area (Å²) in [6.07, 6.45) is 1.62. The zero-order chi connectivity index (χ0) is 24.4. The minimum atomic E-state index is -0.437. The number of carbonyl (C=O) groups excluding carboxylic acids is 1. The van der Waals surface area contributed by atoms with Crippen LogP contribution in [0.1, 0.15) is 32.9 Å². The molecule has 174 valence electrons. The first-order valence-corrected chi connectivity index (χ1v) is 10.7. The summed E-state index contributed by atoms with van der Waals surface area (Å²) in [5.41, 5.74) is 2.39. The Hall–Kier alpha value is -4.05. The maximum absolute atomic E-state index is 14.0. The van der Waals surface area contributed by atoms with E-state index in [1.807, 2.05) is 0 Å². The molecule has 34 heavy (non-hydrogen) atoms.